The van der Waals surface area contributed by atoms with Crippen molar-refractivity contribution in [3.05, 3.63) is 76.1 Å². The van der Waals surface area contributed by atoms with E-state index in [-0.39, 0.29) is 44.5 Å². The van der Waals surface area contributed by atoms with Gasteiger partial charge in [-0.05, 0) is 61.9 Å². The first-order valence-corrected chi connectivity index (χ1v) is 14.3. The first-order valence-electron chi connectivity index (χ1n) is 14.3. The largest absolute Gasteiger partial charge is 0.445 e. The van der Waals surface area contributed by atoms with Crippen molar-refractivity contribution >= 4 is 46.5 Å². The quantitative estimate of drug-likeness (QED) is 0.0546. The Morgan fingerprint density at radius 1 is 0.844 bits per heavy atom. The van der Waals surface area contributed by atoms with E-state index in [1.807, 2.05) is 18.2 Å². The van der Waals surface area contributed by atoms with E-state index in [1.165, 1.54) is 6.07 Å². The average Bonchev–Trinajstić information content (AvgIpc) is 2.99. The van der Waals surface area contributed by atoms with E-state index in [0.717, 1.165) is 5.56 Å². The Bertz CT molecular complexity index is 1580. The first kappa shape index (κ1) is 33.9. The molecule has 0 saturated carbocycles. The summed E-state index contributed by atoms with van der Waals surface area (Å²) in [6, 6.07) is 13.1. The number of hydrogen-bond acceptors (Lipinski definition) is 8. The predicted octanol–water partition coefficient (Wildman–Crippen LogP) is 0.927. The summed E-state index contributed by atoms with van der Waals surface area (Å²) in [6.07, 6.45) is 0.228. The molecule has 0 fully saturated rings. The highest BCUT2D eigenvalue weighted by Gasteiger charge is 2.27. The monoisotopic (exact) mass is 621 g/mol. The Balaban J connectivity index is 1.75. The van der Waals surface area contributed by atoms with Crippen molar-refractivity contribution in [3.63, 3.8) is 0 Å². The van der Waals surface area contributed by atoms with E-state index in [0.29, 0.717) is 35.1 Å². The van der Waals surface area contributed by atoms with E-state index in [1.54, 1.807) is 37.3 Å². The fraction of sp³-hybridized carbons (Fsp3) is 0.333. The minimum absolute atomic E-state index is 0.000519. The molecule has 0 saturated heterocycles. The van der Waals surface area contributed by atoms with Crippen LogP contribution in [0.5, 0.6) is 0 Å². The van der Waals surface area contributed by atoms with Crippen molar-refractivity contribution in [2.45, 2.75) is 51.3 Å². The molecule has 1 aromatic heterocycles. The summed E-state index contributed by atoms with van der Waals surface area (Å²) in [5, 5.41) is 8.74. The SMILES string of the molecule is Cc1cc(=O)oc2ccc(NC(=O)C(CCCN=C(N)N)NC(=O)C(CCCN=C(N)N)NC(=O)OCc3ccccc3)cc12. The van der Waals surface area contributed by atoms with Crippen molar-refractivity contribution in [3.8, 4) is 0 Å². The van der Waals surface area contributed by atoms with E-state index in [2.05, 4.69) is 25.9 Å². The van der Waals surface area contributed by atoms with Crippen LogP contribution in [0.3, 0.4) is 0 Å². The summed E-state index contributed by atoms with van der Waals surface area (Å²) in [5.41, 5.74) is 23.4. The molecule has 15 nitrogen and oxygen atoms in total. The summed E-state index contributed by atoms with van der Waals surface area (Å²) in [6.45, 7) is 2.20. The summed E-state index contributed by atoms with van der Waals surface area (Å²) < 4.78 is 10.5. The van der Waals surface area contributed by atoms with Crippen LogP contribution in [0.15, 0.2) is 73.8 Å². The Morgan fingerprint density at radius 3 is 2.09 bits per heavy atom. The molecule has 0 spiro atoms. The van der Waals surface area contributed by atoms with Gasteiger partial charge in [0.25, 0.3) is 0 Å². The maximum atomic E-state index is 13.5. The van der Waals surface area contributed by atoms with Crippen molar-refractivity contribution < 1.29 is 23.5 Å². The topological polar surface area (TPSA) is 256 Å². The van der Waals surface area contributed by atoms with E-state index < -0.39 is 35.6 Å². The second-order valence-electron chi connectivity index (χ2n) is 10.2. The molecule has 15 heteroatoms. The molecule has 3 amide bonds. The number of benzene rings is 2. The van der Waals surface area contributed by atoms with Crippen LogP contribution in [0, 0.1) is 6.92 Å². The van der Waals surface area contributed by atoms with Crippen LogP contribution in [0.25, 0.3) is 11.0 Å². The zero-order valence-corrected chi connectivity index (χ0v) is 25.0. The smallest absolute Gasteiger partial charge is 0.408 e. The lowest BCUT2D eigenvalue weighted by Gasteiger charge is -2.23. The zero-order valence-electron chi connectivity index (χ0n) is 25.0. The number of carbonyl (C=O) groups is 3. The molecule has 11 N–H and O–H groups in total. The highest BCUT2D eigenvalue weighted by Crippen LogP contribution is 2.21. The van der Waals surface area contributed by atoms with Gasteiger partial charge in [-0.2, -0.15) is 0 Å². The number of aryl methyl sites for hydroxylation is 1. The van der Waals surface area contributed by atoms with Gasteiger partial charge in [-0.25, -0.2) is 9.59 Å². The second kappa shape index (κ2) is 16.9. The summed E-state index contributed by atoms with van der Waals surface area (Å²) in [4.78, 5) is 59.1. The number of nitrogens with zero attached hydrogens (tertiary/aromatic N) is 2. The highest BCUT2D eigenvalue weighted by atomic mass is 16.5. The fourth-order valence-electron chi connectivity index (χ4n) is 4.35. The number of guanidine groups is 2. The van der Waals surface area contributed by atoms with Gasteiger partial charge in [-0.15, -0.1) is 0 Å². The molecule has 240 valence electrons. The number of ether oxygens (including phenoxy) is 1. The zero-order chi connectivity index (χ0) is 32.8. The van der Waals surface area contributed by atoms with Gasteiger partial charge in [-0.3, -0.25) is 19.6 Å². The van der Waals surface area contributed by atoms with Crippen LogP contribution < -0.4 is 44.5 Å². The van der Waals surface area contributed by atoms with Crippen molar-refractivity contribution in [2.75, 3.05) is 18.4 Å². The fourth-order valence-corrected chi connectivity index (χ4v) is 4.35. The molecule has 3 rings (SSSR count). The van der Waals surface area contributed by atoms with Crippen LogP contribution >= 0.6 is 0 Å². The third-order valence-corrected chi connectivity index (χ3v) is 6.56. The number of anilines is 1. The molecule has 0 bridgehead atoms. The Labute approximate surface area is 259 Å². The number of amides is 3. The Morgan fingerprint density at radius 2 is 1.47 bits per heavy atom. The average molecular weight is 622 g/mol. The molecule has 0 aliphatic rings. The van der Waals surface area contributed by atoms with Crippen molar-refractivity contribution in [2.24, 2.45) is 32.9 Å². The Hall–Kier alpha value is -5.60. The molecule has 0 aliphatic carbocycles. The standard InChI is InChI=1S/C30H39N9O6/c1-18-15-25(40)45-24-12-11-20(16-21(18)24)37-26(41)22(9-5-13-35-28(31)32)38-27(42)23(10-6-14-36-29(33)34)39-30(43)44-17-19-7-3-2-4-8-19/h2-4,7-8,11-12,15-16,22-23H,5-6,9-10,13-14,17H2,1H3,(H,37,41)(H,38,42)(H,39,43)(H4,31,32,35)(H4,33,34,36). The van der Waals surface area contributed by atoms with Gasteiger partial charge in [0.05, 0.1) is 0 Å². The van der Waals surface area contributed by atoms with Gasteiger partial charge in [0.15, 0.2) is 11.9 Å². The minimum atomic E-state index is -1.07. The number of rotatable bonds is 15. The van der Waals surface area contributed by atoms with Crippen LogP contribution in [0.1, 0.15) is 36.8 Å². The van der Waals surface area contributed by atoms with Gasteiger partial charge < -0.3 is 48.0 Å². The number of nitrogens with two attached hydrogens (primary N) is 4. The number of carbonyl (C=O) groups excluding carboxylic acids is 3. The molecule has 0 radical (unpaired) electrons. The Kier molecular flexibility index (Phi) is 12.7. The molecule has 2 unspecified atom stereocenters. The molecular weight excluding hydrogens is 582 g/mol. The van der Waals surface area contributed by atoms with E-state index in [4.69, 9.17) is 32.1 Å². The maximum Gasteiger partial charge on any atom is 0.408 e. The highest BCUT2D eigenvalue weighted by molar-refractivity contribution is 5.99. The maximum absolute atomic E-state index is 13.5. The second-order valence-corrected chi connectivity index (χ2v) is 10.2. The lowest BCUT2D eigenvalue weighted by molar-refractivity contribution is -0.128. The number of fused-ring (bicyclic) bond motifs is 1. The number of nitrogens with one attached hydrogen (secondary N) is 3. The lowest BCUT2D eigenvalue weighted by atomic mass is 10.1. The van der Waals surface area contributed by atoms with Gasteiger partial charge >= 0.3 is 11.7 Å². The molecule has 3 aromatic rings. The molecular formula is C30H39N9O6. The normalized spacial score (nSPS) is 11.9. The van der Waals surface area contributed by atoms with Gasteiger partial charge in [0.1, 0.15) is 24.3 Å². The third kappa shape index (κ3) is 11.5. The number of aliphatic imine (C=N–C) groups is 2. The number of alkyl carbamates (subject to hydrolysis) is 1. The van der Waals surface area contributed by atoms with Crippen molar-refractivity contribution in [1.82, 2.24) is 10.6 Å². The van der Waals surface area contributed by atoms with Crippen LogP contribution in [-0.4, -0.2) is 55.0 Å². The van der Waals surface area contributed by atoms with Crippen molar-refractivity contribution in [1.29, 1.82) is 0 Å². The van der Waals surface area contributed by atoms with Crippen LogP contribution in [-0.2, 0) is 20.9 Å². The van der Waals surface area contributed by atoms with E-state index in [9.17, 15) is 19.2 Å². The van der Waals surface area contributed by atoms with Crippen LogP contribution in [0.2, 0.25) is 0 Å². The summed E-state index contributed by atoms with van der Waals surface area (Å²) >= 11 is 0. The molecule has 45 heavy (non-hydrogen) atoms. The van der Waals surface area contributed by atoms with E-state index >= 15 is 0 Å². The molecule has 0 aliphatic heterocycles. The minimum Gasteiger partial charge on any atom is -0.445 e. The van der Waals surface area contributed by atoms with Gasteiger partial charge in [0.2, 0.25) is 11.8 Å². The molecule has 2 aromatic carbocycles. The first-order chi connectivity index (χ1) is 21.5. The molecule has 2 atom stereocenters. The lowest BCUT2D eigenvalue weighted by Crippen LogP contribution is -2.52. The third-order valence-electron chi connectivity index (χ3n) is 6.56. The number of hydrogen-bond donors (Lipinski definition) is 7. The predicted molar refractivity (Wildman–Crippen MR) is 171 cm³/mol. The van der Waals surface area contributed by atoms with Gasteiger partial charge in [0, 0.05) is 30.2 Å². The van der Waals surface area contributed by atoms with Crippen LogP contribution in [0.4, 0.5) is 10.5 Å². The van der Waals surface area contributed by atoms with Gasteiger partial charge in [-0.1, -0.05) is 30.3 Å². The molecule has 1 heterocycles. The summed E-state index contributed by atoms with van der Waals surface area (Å²) in [5.74, 6) is -1.34. The summed E-state index contributed by atoms with van der Waals surface area (Å²) in [7, 11) is 0.